The number of anilines is 2. The van der Waals surface area contributed by atoms with Gasteiger partial charge in [0, 0.05) is 61.0 Å². The smallest absolute Gasteiger partial charge is 0.215 e. The highest BCUT2D eigenvalue weighted by Gasteiger charge is 2.47. The Balaban J connectivity index is 0.723. The first kappa shape index (κ1) is 56.3. The number of Topliss-reactive ketones (excluding diaryl/α,β-unsaturated/α-hetero) is 3. The number of aromatic hydroxyl groups is 6. The summed E-state index contributed by atoms with van der Waals surface area (Å²) in [6, 6.07) is 21.8. The first-order valence-corrected chi connectivity index (χ1v) is 28.6. The van der Waals surface area contributed by atoms with Gasteiger partial charge in [-0.15, -0.1) is 0 Å². The predicted molar refractivity (Wildman–Crippen MR) is 317 cm³/mol. The molecule has 3 fully saturated rings. The molecule has 6 aliphatic rings. The Morgan fingerprint density at radius 2 is 1.10 bits per heavy atom. The van der Waals surface area contributed by atoms with Crippen LogP contribution in [-0.2, 0) is 18.6 Å². The van der Waals surface area contributed by atoms with E-state index < -0.39 is 96.5 Å². The van der Waals surface area contributed by atoms with Gasteiger partial charge in [-0.25, -0.2) is 0 Å². The number of allylic oxidation sites excluding steroid dienone is 6. The lowest BCUT2D eigenvalue weighted by Gasteiger charge is -2.35. The zero-order chi connectivity index (χ0) is 59.2. The van der Waals surface area contributed by atoms with Crippen molar-refractivity contribution in [2.24, 2.45) is 0 Å². The van der Waals surface area contributed by atoms with Crippen molar-refractivity contribution < 1.29 is 59.4 Å². The quantitative estimate of drug-likeness (QED) is 0.0384. The molecule has 428 valence electrons. The van der Waals surface area contributed by atoms with Gasteiger partial charge in [0.15, 0.2) is 34.6 Å². The van der Waals surface area contributed by atoms with Gasteiger partial charge in [-0.3, -0.25) is 38.6 Å². The molecule has 2 aliphatic heterocycles. The van der Waals surface area contributed by atoms with Crippen molar-refractivity contribution in [1.82, 2.24) is 15.1 Å². The second kappa shape index (κ2) is 21.8. The number of carbonyl (C=O) groups is 6. The van der Waals surface area contributed by atoms with Crippen LogP contribution in [0.15, 0.2) is 108 Å². The molecule has 4 aliphatic carbocycles. The van der Waals surface area contributed by atoms with Gasteiger partial charge in [0.1, 0.15) is 55.1 Å². The number of rotatable bonds is 13. The Bertz CT molecular complexity index is 4010. The Morgan fingerprint density at radius 3 is 1.77 bits per heavy atom. The minimum absolute atomic E-state index is 0.0111. The lowest BCUT2D eigenvalue weighted by atomic mass is 9.83. The number of ketones is 6. The van der Waals surface area contributed by atoms with Crippen LogP contribution < -0.4 is 16.0 Å². The molecule has 1 saturated carbocycles. The molecule has 2 saturated heterocycles. The van der Waals surface area contributed by atoms with E-state index in [4.69, 9.17) is 46.4 Å². The van der Waals surface area contributed by atoms with Crippen LogP contribution in [0.1, 0.15) is 123 Å². The largest absolute Gasteiger partial charge is 0.507 e. The van der Waals surface area contributed by atoms with Crippen LogP contribution in [0.25, 0.3) is 16.7 Å². The van der Waals surface area contributed by atoms with Crippen molar-refractivity contribution >= 4 is 98.1 Å². The van der Waals surface area contributed by atoms with Crippen LogP contribution >= 0.6 is 46.4 Å². The summed E-state index contributed by atoms with van der Waals surface area (Å²) in [6.45, 7) is 2.57. The van der Waals surface area contributed by atoms with Gasteiger partial charge in [-0.1, -0.05) is 107 Å². The standard InChI is InChI=1S/C63H51Cl4N5O12/c64-32-13-11-31(12-14-32)63(19-20-63)70-54-51(67)59(81)47-46(61(54)83)42(76)25-37(55(47)77)35-9-3-1-6-29(35)26-71-22-17-33(18-23-71)68-53-50(66)58(80)45-41(75)24-38(56(78)48(45)62(53)84)36-10-4-2-7-30(36)27-72-21-5-8-34(28-72)69-52-49(65)57(79)43-39(73)15-16-40(74)44(43)60(52)82/h1-4,6-7,9-16,24-25,33-34,68-70,75,78-79,81-83H,5,8,17-23,26-28H2. The molecule has 0 bridgehead atoms. The Labute approximate surface area is 500 Å². The van der Waals surface area contributed by atoms with Gasteiger partial charge in [0.05, 0.1) is 38.9 Å². The summed E-state index contributed by atoms with van der Waals surface area (Å²) in [6.07, 6.45) is 6.73. The van der Waals surface area contributed by atoms with Crippen molar-refractivity contribution in [3.8, 4) is 45.6 Å². The van der Waals surface area contributed by atoms with E-state index in [1.807, 2.05) is 24.3 Å². The normalized spacial score (nSPS) is 18.8. The molecule has 12 rings (SSSR count). The maximum Gasteiger partial charge on any atom is 0.215 e. The van der Waals surface area contributed by atoms with Gasteiger partial charge in [0.25, 0.3) is 0 Å². The number of carbonyl (C=O) groups excluding carboxylic acids is 6. The van der Waals surface area contributed by atoms with E-state index in [0.29, 0.717) is 105 Å². The Hall–Kier alpha value is -8.16. The lowest BCUT2D eigenvalue weighted by molar-refractivity contribution is 0.0964. The Kier molecular flexibility index (Phi) is 14.6. The van der Waals surface area contributed by atoms with Gasteiger partial charge in [-0.05, 0) is 109 Å². The van der Waals surface area contributed by atoms with Crippen molar-refractivity contribution in [1.29, 1.82) is 0 Å². The third kappa shape index (κ3) is 9.71. The van der Waals surface area contributed by atoms with E-state index in [2.05, 4.69) is 25.8 Å². The molecule has 0 aromatic heterocycles. The highest BCUT2D eigenvalue weighted by atomic mass is 35.5. The number of likely N-dealkylation sites (tertiary alicyclic amines) is 2. The zero-order valence-corrected chi connectivity index (χ0v) is 47.4. The average molecular weight is 1210 g/mol. The minimum Gasteiger partial charge on any atom is -0.507 e. The van der Waals surface area contributed by atoms with E-state index in [0.717, 1.165) is 23.8 Å². The SMILES string of the molecule is O=C1C(Cl)=C(NC2CCN(Cc3ccccc3C3=CC(=O)c4c(O)c(NC5(c6ccc(Cl)cc6)CC5)c(Cl)c(O)c4C3=O)CC2)C(=O)c2c(O)c(-c3ccccc3CN3CCCC(Nc4c(O)c5c(c(O)c4Cl)C(=O)C=CC5=O)C3)cc(O)c21. The number of hydrogen-bond donors (Lipinski definition) is 9. The molecule has 21 heteroatoms. The van der Waals surface area contributed by atoms with Crippen molar-refractivity contribution in [3.63, 3.8) is 0 Å². The van der Waals surface area contributed by atoms with Crippen molar-refractivity contribution in [2.75, 3.05) is 36.8 Å². The van der Waals surface area contributed by atoms with Crippen LogP contribution in [0.3, 0.4) is 0 Å². The second-order valence-corrected chi connectivity index (χ2v) is 23.5. The fraction of sp³-hybridized carbons (Fsp3) is 0.238. The van der Waals surface area contributed by atoms with Crippen molar-refractivity contribution in [3.05, 3.63) is 179 Å². The van der Waals surface area contributed by atoms with Crippen LogP contribution in [0.2, 0.25) is 15.1 Å². The fourth-order valence-electron chi connectivity index (χ4n) is 12.3. The van der Waals surface area contributed by atoms with Crippen LogP contribution in [0.4, 0.5) is 11.4 Å². The summed E-state index contributed by atoms with van der Waals surface area (Å²) in [5.74, 6) is -7.82. The summed E-state index contributed by atoms with van der Waals surface area (Å²) in [5.41, 5.74) is -0.0921. The first-order valence-electron chi connectivity index (χ1n) is 27.1. The maximum atomic E-state index is 14.6. The molecule has 6 aromatic carbocycles. The van der Waals surface area contributed by atoms with Crippen LogP contribution in [0, 0.1) is 0 Å². The van der Waals surface area contributed by atoms with E-state index in [-0.39, 0.29) is 67.0 Å². The van der Waals surface area contributed by atoms with Crippen LogP contribution in [-0.4, -0.2) is 113 Å². The first-order chi connectivity index (χ1) is 40.2. The summed E-state index contributed by atoms with van der Waals surface area (Å²) in [5, 5.41) is 77.7. The number of fused-ring (bicyclic) bond motifs is 3. The third-order valence-corrected chi connectivity index (χ3v) is 18.1. The lowest BCUT2D eigenvalue weighted by Crippen LogP contribution is -2.44. The Morgan fingerprint density at radius 1 is 0.524 bits per heavy atom. The van der Waals surface area contributed by atoms with E-state index in [1.165, 1.54) is 6.07 Å². The van der Waals surface area contributed by atoms with Crippen LogP contribution in [0.5, 0.6) is 34.5 Å². The number of piperidine rings is 2. The summed E-state index contributed by atoms with van der Waals surface area (Å²) >= 11 is 26.0. The number of benzene rings is 6. The monoisotopic (exact) mass is 1210 g/mol. The molecule has 0 amide bonds. The molecule has 1 unspecified atom stereocenters. The van der Waals surface area contributed by atoms with Gasteiger partial charge in [-0.2, -0.15) is 0 Å². The average Bonchev–Trinajstić information content (AvgIpc) is 4.46. The van der Waals surface area contributed by atoms with E-state index >= 15 is 0 Å². The fourth-order valence-corrected chi connectivity index (χ4v) is 13.1. The highest BCUT2D eigenvalue weighted by Crippen LogP contribution is 2.55. The minimum atomic E-state index is -0.857. The molecule has 6 aromatic rings. The molecule has 0 spiro atoms. The molecule has 9 N–H and O–H groups in total. The summed E-state index contributed by atoms with van der Waals surface area (Å²) in [4.78, 5) is 86.4. The van der Waals surface area contributed by atoms with E-state index in [1.54, 1.807) is 48.5 Å². The van der Waals surface area contributed by atoms with Gasteiger partial charge < -0.3 is 46.6 Å². The number of halogens is 4. The second-order valence-electron chi connectivity index (χ2n) is 21.9. The number of hydrogen-bond acceptors (Lipinski definition) is 17. The van der Waals surface area contributed by atoms with E-state index in [9.17, 15) is 59.4 Å². The van der Waals surface area contributed by atoms with Gasteiger partial charge in [0.2, 0.25) is 11.6 Å². The van der Waals surface area contributed by atoms with Crippen molar-refractivity contribution in [2.45, 2.75) is 69.2 Å². The molecular formula is C63H51Cl4N5O12. The summed E-state index contributed by atoms with van der Waals surface area (Å²) in [7, 11) is 0. The highest BCUT2D eigenvalue weighted by molar-refractivity contribution is 6.50. The topological polar surface area (TPSA) is 266 Å². The predicted octanol–water partition coefficient (Wildman–Crippen LogP) is 11.2. The van der Waals surface area contributed by atoms with Gasteiger partial charge >= 0.3 is 0 Å². The number of nitrogens with zero attached hydrogens (tertiary/aromatic N) is 2. The number of nitrogens with one attached hydrogen (secondary N) is 3. The number of phenols is 6. The number of phenolic OH excluding ortho intramolecular Hbond substituents is 6. The zero-order valence-electron chi connectivity index (χ0n) is 44.4. The third-order valence-electron chi connectivity index (χ3n) is 16.7. The molecule has 2 heterocycles. The molecule has 0 radical (unpaired) electrons. The molecule has 84 heavy (non-hydrogen) atoms. The maximum absolute atomic E-state index is 14.6. The molecule has 17 nitrogen and oxygen atoms in total. The molecule has 1 atom stereocenters. The molecular weight excluding hydrogens is 1160 g/mol. The summed E-state index contributed by atoms with van der Waals surface area (Å²) < 4.78 is 0.